The molecule has 120 valence electrons. The van der Waals surface area contributed by atoms with Gasteiger partial charge in [-0.3, -0.25) is 9.98 Å². The lowest BCUT2D eigenvalue weighted by Crippen LogP contribution is -2.39. The van der Waals surface area contributed by atoms with Gasteiger partial charge in [-0.15, -0.1) is 24.0 Å². The highest BCUT2D eigenvalue weighted by atomic mass is 127. The zero-order chi connectivity index (χ0) is 14.8. The van der Waals surface area contributed by atoms with Crippen molar-refractivity contribution in [3.05, 3.63) is 29.6 Å². The summed E-state index contributed by atoms with van der Waals surface area (Å²) in [6.45, 7) is 9.07. The fourth-order valence-corrected chi connectivity index (χ4v) is 1.91. The number of aryl methyl sites for hydroxylation is 1. The lowest BCUT2D eigenvalue weighted by atomic mass is 10.2. The van der Waals surface area contributed by atoms with Crippen LogP contribution in [0.3, 0.4) is 0 Å². The van der Waals surface area contributed by atoms with E-state index in [-0.39, 0.29) is 24.0 Å². The molecule has 0 aromatic carbocycles. The Morgan fingerprint density at radius 1 is 1.33 bits per heavy atom. The van der Waals surface area contributed by atoms with Gasteiger partial charge in [0.15, 0.2) is 5.96 Å². The molecule has 0 unspecified atom stereocenters. The van der Waals surface area contributed by atoms with Crippen molar-refractivity contribution < 1.29 is 0 Å². The summed E-state index contributed by atoms with van der Waals surface area (Å²) in [5.74, 6) is 1.00. The van der Waals surface area contributed by atoms with Crippen LogP contribution in [0.4, 0.5) is 0 Å². The number of hydrogen-bond donors (Lipinski definition) is 1. The average molecular weight is 404 g/mol. The predicted octanol–water partition coefficient (Wildman–Crippen LogP) is 3.25. The first kappa shape index (κ1) is 20.1. The second-order valence-electron chi connectivity index (χ2n) is 5.07. The molecule has 1 aromatic heterocycles. The van der Waals surface area contributed by atoms with E-state index in [1.165, 1.54) is 18.4 Å². The molecule has 0 fully saturated rings. The molecular weight excluding hydrogens is 375 g/mol. The minimum absolute atomic E-state index is 0. The van der Waals surface area contributed by atoms with Crippen molar-refractivity contribution in [3.63, 3.8) is 0 Å². The number of guanidine groups is 1. The second kappa shape index (κ2) is 11.8. The van der Waals surface area contributed by atoms with Gasteiger partial charge in [0.2, 0.25) is 0 Å². The van der Waals surface area contributed by atoms with Crippen LogP contribution in [-0.2, 0) is 6.42 Å². The number of aliphatic imine (C=N–C) groups is 1. The van der Waals surface area contributed by atoms with Crippen molar-refractivity contribution in [2.45, 2.75) is 40.0 Å². The molecule has 21 heavy (non-hydrogen) atoms. The summed E-state index contributed by atoms with van der Waals surface area (Å²) < 4.78 is 0. The number of unbranched alkanes of at least 4 members (excludes halogenated alkanes) is 1. The van der Waals surface area contributed by atoms with Gasteiger partial charge < -0.3 is 10.2 Å². The van der Waals surface area contributed by atoms with E-state index in [9.17, 15) is 0 Å². The van der Waals surface area contributed by atoms with Gasteiger partial charge in [0, 0.05) is 38.6 Å². The monoisotopic (exact) mass is 404 g/mol. The van der Waals surface area contributed by atoms with Crippen molar-refractivity contribution in [1.82, 2.24) is 15.2 Å². The molecule has 5 heteroatoms. The van der Waals surface area contributed by atoms with Crippen LogP contribution in [0, 0.1) is 6.92 Å². The summed E-state index contributed by atoms with van der Waals surface area (Å²) in [5.41, 5.74) is 2.30. The average Bonchev–Trinajstić information content (AvgIpc) is 2.46. The smallest absolute Gasteiger partial charge is 0.193 e. The third-order valence-corrected chi connectivity index (χ3v) is 3.18. The molecule has 0 amide bonds. The molecule has 1 N–H and O–H groups in total. The van der Waals surface area contributed by atoms with Crippen LogP contribution >= 0.6 is 24.0 Å². The van der Waals surface area contributed by atoms with Crippen LogP contribution in [-0.4, -0.2) is 42.5 Å². The quantitative estimate of drug-likeness (QED) is 0.431. The minimum atomic E-state index is 0. The Bertz CT molecular complexity index is 403. The summed E-state index contributed by atoms with van der Waals surface area (Å²) in [4.78, 5) is 11.2. The van der Waals surface area contributed by atoms with E-state index in [4.69, 9.17) is 0 Å². The molecule has 0 spiro atoms. The molecule has 0 saturated heterocycles. The van der Waals surface area contributed by atoms with E-state index in [1.54, 1.807) is 0 Å². The van der Waals surface area contributed by atoms with Crippen molar-refractivity contribution in [3.8, 4) is 0 Å². The molecule has 1 rings (SSSR count). The van der Waals surface area contributed by atoms with Gasteiger partial charge in [-0.2, -0.15) is 0 Å². The largest absolute Gasteiger partial charge is 0.357 e. The van der Waals surface area contributed by atoms with Gasteiger partial charge in [0.25, 0.3) is 0 Å². The maximum absolute atomic E-state index is 4.69. The summed E-state index contributed by atoms with van der Waals surface area (Å²) in [7, 11) is 2.10. The van der Waals surface area contributed by atoms with Crippen molar-refractivity contribution in [2.75, 3.05) is 26.7 Å². The summed E-state index contributed by atoms with van der Waals surface area (Å²) in [6, 6.07) is 4.18. The summed E-state index contributed by atoms with van der Waals surface area (Å²) in [5, 5.41) is 3.35. The summed E-state index contributed by atoms with van der Waals surface area (Å²) >= 11 is 0. The van der Waals surface area contributed by atoms with E-state index in [0.29, 0.717) is 0 Å². The third-order valence-electron chi connectivity index (χ3n) is 3.18. The van der Waals surface area contributed by atoms with Crippen LogP contribution in [0.2, 0.25) is 0 Å². The molecule has 0 atom stereocenters. The Morgan fingerprint density at radius 2 is 2.10 bits per heavy atom. The molecule has 1 heterocycles. The molecule has 0 radical (unpaired) electrons. The maximum Gasteiger partial charge on any atom is 0.193 e. The number of aromatic nitrogens is 1. The van der Waals surface area contributed by atoms with Crippen molar-refractivity contribution >= 4 is 29.9 Å². The first-order chi connectivity index (χ1) is 9.67. The zero-order valence-corrected chi connectivity index (χ0v) is 16.1. The number of nitrogens with one attached hydrogen (secondary N) is 1. The topological polar surface area (TPSA) is 40.5 Å². The fourth-order valence-electron chi connectivity index (χ4n) is 1.91. The lowest BCUT2D eigenvalue weighted by Gasteiger charge is -2.21. The Morgan fingerprint density at radius 3 is 2.67 bits per heavy atom. The van der Waals surface area contributed by atoms with Gasteiger partial charge in [-0.25, -0.2) is 0 Å². The Hall–Kier alpha value is -0.850. The Kier molecular flexibility index (Phi) is 11.3. The standard InChI is InChI=1S/C16H28N4.HI/c1-5-7-12-20(4)16(17-6-2)18-11-10-15-9-8-14(3)19-13-15;/h8-9,13H,5-7,10-12H2,1-4H3,(H,17,18);1H. The maximum atomic E-state index is 4.69. The van der Waals surface area contributed by atoms with E-state index >= 15 is 0 Å². The number of hydrogen-bond acceptors (Lipinski definition) is 2. The molecule has 0 saturated carbocycles. The first-order valence-electron chi connectivity index (χ1n) is 7.58. The van der Waals surface area contributed by atoms with Crippen molar-refractivity contribution in [1.29, 1.82) is 0 Å². The molecule has 0 aliphatic rings. The van der Waals surface area contributed by atoms with E-state index in [2.05, 4.69) is 53.2 Å². The molecular formula is C16H29IN4. The second-order valence-corrected chi connectivity index (χ2v) is 5.07. The van der Waals surface area contributed by atoms with Crippen molar-refractivity contribution in [2.24, 2.45) is 4.99 Å². The zero-order valence-electron chi connectivity index (χ0n) is 13.7. The number of rotatable bonds is 7. The van der Waals surface area contributed by atoms with Crippen LogP contribution in [0.25, 0.3) is 0 Å². The number of halogens is 1. The Balaban J connectivity index is 0.00000400. The van der Waals surface area contributed by atoms with E-state index in [0.717, 1.165) is 37.7 Å². The van der Waals surface area contributed by atoms with Crippen LogP contribution in [0.15, 0.2) is 23.3 Å². The molecule has 0 aliphatic carbocycles. The normalized spacial score (nSPS) is 11.0. The number of nitrogens with zero attached hydrogens (tertiary/aromatic N) is 3. The SMILES string of the molecule is CCCCN(C)C(=NCCc1ccc(C)nc1)NCC.I. The Labute approximate surface area is 146 Å². The van der Waals surface area contributed by atoms with Crippen LogP contribution < -0.4 is 5.32 Å². The number of pyridine rings is 1. The summed E-state index contributed by atoms with van der Waals surface area (Å²) in [6.07, 6.45) is 5.28. The van der Waals surface area contributed by atoms with Gasteiger partial charge in [0.05, 0.1) is 0 Å². The third kappa shape index (κ3) is 8.24. The predicted molar refractivity (Wildman–Crippen MR) is 102 cm³/mol. The molecule has 4 nitrogen and oxygen atoms in total. The fraction of sp³-hybridized carbons (Fsp3) is 0.625. The first-order valence-corrected chi connectivity index (χ1v) is 7.58. The highest BCUT2D eigenvalue weighted by Gasteiger charge is 2.04. The van der Waals surface area contributed by atoms with Gasteiger partial charge in [-0.05, 0) is 38.3 Å². The van der Waals surface area contributed by atoms with E-state index in [1.807, 2.05) is 13.1 Å². The highest BCUT2D eigenvalue weighted by molar-refractivity contribution is 14.0. The highest BCUT2D eigenvalue weighted by Crippen LogP contribution is 2.01. The van der Waals surface area contributed by atoms with Gasteiger partial charge in [-0.1, -0.05) is 19.4 Å². The molecule has 1 aromatic rings. The molecule has 0 bridgehead atoms. The van der Waals surface area contributed by atoms with Crippen LogP contribution in [0.5, 0.6) is 0 Å². The lowest BCUT2D eigenvalue weighted by molar-refractivity contribution is 0.465. The molecule has 0 aliphatic heterocycles. The van der Waals surface area contributed by atoms with Gasteiger partial charge >= 0.3 is 0 Å². The van der Waals surface area contributed by atoms with E-state index < -0.39 is 0 Å². The van der Waals surface area contributed by atoms with Crippen LogP contribution in [0.1, 0.15) is 37.9 Å². The minimum Gasteiger partial charge on any atom is -0.357 e. The van der Waals surface area contributed by atoms with Gasteiger partial charge in [0.1, 0.15) is 0 Å².